The summed E-state index contributed by atoms with van der Waals surface area (Å²) in [4.78, 5) is 13.3. The number of thioether (sulfide) groups is 1. The van der Waals surface area contributed by atoms with Gasteiger partial charge in [0.2, 0.25) is 5.91 Å². The number of benzene rings is 1. The summed E-state index contributed by atoms with van der Waals surface area (Å²) in [7, 11) is 0. The van der Waals surface area contributed by atoms with Crippen molar-refractivity contribution in [1.82, 2.24) is 5.32 Å². The van der Waals surface area contributed by atoms with Gasteiger partial charge in [0.1, 0.15) is 0 Å². The lowest BCUT2D eigenvalue weighted by Gasteiger charge is -2.35. The second kappa shape index (κ2) is 7.83. The van der Waals surface area contributed by atoms with Gasteiger partial charge in [0, 0.05) is 28.8 Å². The van der Waals surface area contributed by atoms with Crippen LogP contribution in [0.1, 0.15) is 32.6 Å². The molecule has 1 amide bonds. The topological polar surface area (TPSA) is 47.6 Å². The molecule has 3 rings (SSSR count). The van der Waals surface area contributed by atoms with Gasteiger partial charge < -0.3 is 14.8 Å². The lowest BCUT2D eigenvalue weighted by Crippen LogP contribution is -2.45. The molecule has 132 valence electrons. The van der Waals surface area contributed by atoms with Gasteiger partial charge in [-0.1, -0.05) is 23.2 Å². The molecule has 24 heavy (non-hydrogen) atoms. The zero-order chi connectivity index (χ0) is 17.2. The molecule has 7 heteroatoms. The zero-order valence-corrected chi connectivity index (χ0v) is 15.8. The Labute approximate surface area is 156 Å². The molecular formula is C17H21Cl2NO3S. The van der Waals surface area contributed by atoms with Crippen molar-refractivity contribution < 1.29 is 14.3 Å². The van der Waals surface area contributed by atoms with Gasteiger partial charge in [-0.25, -0.2) is 0 Å². The zero-order valence-electron chi connectivity index (χ0n) is 13.5. The minimum absolute atomic E-state index is 0.0188. The van der Waals surface area contributed by atoms with E-state index in [-0.39, 0.29) is 17.2 Å². The van der Waals surface area contributed by atoms with Gasteiger partial charge in [-0.3, -0.25) is 4.79 Å². The van der Waals surface area contributed by atoms with Crippen molar-refractivity contribution in [3.8, 4) is 0 Å². The first-order valence-electron chi connectivity index (χ1n) is 8.17. The number of hydrogen-bond acceptors (Lipinski definition) is 4. The summed E-state index contributed by atoms with van der Waals surface area (Å²) in [6, 6.07) is 5.45. The van der Waals surface area contributed by atoms with Crippen molar-refractivity contribution in [2.45, 2.75) is 54.6 Å². The molecule has 1 saturated carbocycles. The number of hydrogen-bond donors (Lipinski definition) is 1. The van der Waals surface area contributed by atoms with Crippen LogP contribution < -0.4 is 5.32 Å². The highest BCUT2D eigenvalue weighted by atomic mass is 35.5. The van der Waals surface area contributed by atoms with E-state index in [1.807, 2.05) is 6.92 Å². The Morgan fingerprint density at radius 2 is 1.96 bits per heavy atom. The molecule has 1 saturated heterocycles. The third-order valence-electron chi connectivity index (χ3n) is 4.47. The van der Waals surface area contributed by atoms with Crippen LogP contribution in [0.25, 0.3) is 0 Å². The van der Waals surface area contributed by atoms with Gasteiger partial charge in [-0.05, 0) is 38.0 Å². The predicted molar refractivity (Wildman–Crippen MR) is 96.8 cm³/mol. The summed E-state index contributed by atoms with van der Waals surface area (Å²) >= 11 is 13.6. The number of rotatable bonds is 4. The maximum atomic E-state index is 12.5. The number of nitrogens with one attached hydrogen (secondary N) is 1. The number of carbonyl (C=O) groups excluding carboxylic acids is 1. The van der Waals surface area contributed by atoms with E-state index in [4.69, 9.17) is 32.7 Å². The average Bonchev–Trinajstić information content (AvgIpc) is 3.01. The highest BCUT2D eigenvalue weighted by Crippen LogP contribution is 2.36. The van der Waals surface area contributed by atoms with E-state index in [1.165, 1.54) is 11.8 Å². The third-order valence-corrected chi connectivity index (χ3v) is 6.31. The molecule has 2 aliphatic rings. The van der Waals surface area contributed by atoms with Gasteiger partial charge in [0.05, 0.1) is 23.5 Å². The molecule has 1 aliphatic heterocycles. The molecule has 0 radical (unpaired) electrons. The fourth-order valence-corrected chi connectivity index (χ4v) is 4.54. The first kappa shape index (κ1) is 18.3. The highest BCUT2D eigenvalue weighted by molar-refractivity contribution is 8.00. The van der Waals surface area contributed by atoms with Crippen LogP contribution in [0.4, 0.5) is 0 Å². The van der Waals surface area contributed by atoms with Gasteiger partial charge in [0.15, 0.2) is 5.79 Å². The van der Waals surface area contributed by atoms with Crippen LogP contribution in [0.3, 0.4) is 0 Å². The molecule has 1 atom stereocenters. The van der Waals surface area contributed by atoms with E-state index in [1.54, 1.807) is 18.2 Å². The van der Waals surface area contributed by atoms with Crippen LogP contribution in [-0.4, -0.2) is 36.2 Å². The standard InChI is InChI=1S/C17H21Cl2NO3S/c1-11(24-15-10-12(18)2-3-14(15)19)16(21)20-13-4-6-17(7-5-13)22-8-9-23-17/h2-3,10-11,13H,4-9H2,1H3,(H,20,21)/t11-/m0/s1. The summed E-state index contributed by atoms with van der Waals surface area (Å²) in [5.41, 5.74) is 0. The Morgan fingerprint density at radius 1 is 1.29 bits per heavy atom. The summed E-state index contributed by atoms with van der Waals surface area (Å²) in [6.07, 6.45) is 3.42. The highest BCUT2D eigenvalue weighted by Gasteiger charge is 2.40. The third kappa shape index (κ3) is 4.38. The average molecular weight is 390 g/mol. The molecule has 1 N–H and O–H groups in total. The molecule has 0 aromatic heterocycles. The molecule has 1 aromatic rings. The summed E-state index contributed by atoms with van der Waals surface area (Å²) < 4.78 is 11.4. The van der Waals surface area contributed by atoms with Gasteiger partial charge >= 0.3 is 0 Å². The van der Waals surface area contributed by atoms with Crippen molar-refractivity contribution in [3.63, 3.8) is 0 Å². The molecule has 4 nitrogen and oxygen atoms in total. The maximum absolute atomic E-state index is 12.5. The Balaban J connectivity index is 1.50. The predicted octanol–water partition coefficient (Wildman–Crippen LogP) is 4.28. The van der Waals surface area contributed by atoms with E-state index < -0.39 is 5.79 Å². The van der Waals surface area contributed by atoms with Crippen LogP contribution >= 0.6 is 35.0 Å². The minimum atomic E-state index is -0.393. The van der Waals surface area contributed by atoms with E-state index in [2.05, 4.69) is 5.32 Å². The second-order valence-corrected chi connectivity index (χ2v) is 8.45. The van der Waals surface area contributed by atoms with Crippen molar-refractivity contribution in [2.75, 3.05) is 13.2 Å². The first-order valence-corrected chi connectivity index (χ1v) is 9.81. The van der Waals surface area contributed by atoms with Gasteiger partial charge in [-0.2, -0.15) is 0 Å². The lowest BCUT2D eigenvalue weighted by molar-refractivity contribution is -0.180. The van der Waals surface area contributed by atoms with Crippen molar-refractivity contribution >= 4 is 40.9 Å². The summed E-state index contributed by atoms with van der Waals surface area (Å²) in [5.74, 6) is -0.374. The van der Waals surface area contributed by atoms with Crippen LogP contribution in [-0.2, 0) is 14.3 Å². The molecule has 0 bridgehead atoms. The Hall–Kier alpha value is -0.460. The van der Waals surface area contributed by atoms with Crippen LogP contribution in [0.2, 0.25) is 10.0 Å². The maximum Gasteiger partial charge on any atom is 0.233 e. The monoisotopic (exact) mass is 389 g/mol. The Bertz CT molecular complexity index is 597. The van der Waals surface area contributed by atoms with Crippen LogP contribution in [0.5, 0.6) is 0 Å². The van der Waals surface area contributed by atoms with Crippen molar-refractivity contribution in [3.05, 3.63) is 28.2 Å². The minimum Gasteiger partial charge on any atom is -0.352 e. The first-order chi connectivity index (χ1) is 11.5. The molecule has 1 heterocycles. The normalized spacial score (nSPS) is 21.8. The van der Waals surface area contributed by atoms with E-state index in [0.717, 1.165) is 30.6 Å². The molecule has 0 unspecified atom stereocenters. The smallest absolute Gasteiger partial charge is 0.233 e. The van der Waals surface area contributed by atoms with Crippen LogP contribution in [0.15, 0.2) is 23.1 Å². The SMILES string of the molecule is C[C@H](Sc1cc(Cl)ccc1Cl)C(=O)NC1CCC2(CC1)OCCO2. The largest absolute Gasteiger partial charge is 0.352 e. The molecular weight excluding hydrogens is 369 g/mol. The van der Waals surface area contributed by atoms with Crippen LogP contribution in [0, 0.1) is 0 Å². The number of ether oxygens (including phenoxy) is 2. The van der Waals surface area contributed by atoms with Gasteiger partial charge in [-0.15, -0.1) is 11.8 Å². The van der Waals surface area contributed by atoms with Crippen molar-refractivity contribution in [2.24, 2.45) is 0 Å². The summed E-state index contributed by atoms with van der Waals surface area (Å²) in [6.45, 7) is 3.22. The van der Waals surface area contributed by atoms with E-state index >= 15 is 0 Å². The number of halogens is 2. The fourth-order valence-electron chi connectivity index (χ4n) is 3.12. The Kier molecular flexibility index (Phi) is 5.98. The summed E-state index contributed by atoms with van der Waals surface area (Å²) in [5, 5.41) is 4.12. The molecule has 1 aliphatic carbocycles. The quantitative estimate of drug-likeness (QED) is 0.780. The molecule has 1 spiro atoms. The molecule has 1 aromatic carbocycles. The number of amides is 1. The Morgan fingerprint density at radius 3 is 2.62 bits per heavy atom. The van der Waals surface area contributed by atoms with E-state index in [0.29, 0.717) is 23.3 Å². The van der Waals surface area contributed by atoms with Gasteiger partial charge in [0.25, 0.3) is 0 Å². The lowest BCUT2D eigenvalue weighted by atomic mass is 9.90. The van der Waals surface area contributed by atoms with E-state index in [9.17, 15) is 4.79 Å². The fraction of sp³-hybridized carbons (Fsp3) is 0.588. The van der Waals surface area contributed by atoms with Crippen molar-refractivity contribution in [1.29, 1.82) is 0 Å². The second-order valence-electron chi connectivity index (χ2n) is 6.23. The number of carbonyl (C=O) groups is 1. The molecule has 2 fully saturated rings.